The molecule has 78 valence electrons. The molecule has 0 saturated heterocycles. The maximum absolute atomic E-state index is 4.40. The lowest BCUT2D eigenvalue weighted by Gasteiger charge is -2.07. The lowest BCUT2D eigenvalue weighted by atomic mass is 10.3. The molecule has 0 saturated carbocycles. The van der Waals surface area contributed by atoms with Crippen molar-refractivity contribution in [2.75, 3.05) is 24.2 Å². The molecule has 0 aliphatic rings. The monoisotopic (exact) mass is 194 g/mol. The zero-order valence-corrected chi connectivity index (χ0v) is 9.09. The second kappa shape index (κ2) is 5.42. The van der Waals surface area contributed by atoms with Gasteiger partial charge in [-0.2, -0.15) is 0 Å². The molecule has 1 heterocycles. The van der Waals surface area contributed by atoms with Crippen LogP contribution in [0, 0.1) is 0 Å². The van der Waals surface area contributed by atoms with E-state index in [1.165, 1.54) is 0 Å². The molecule has 0 amide bonds. The van der Waals surface area contributed by atoms with Crippen LogP contribution in [-0.2, 0) is 6.42 Å². The first-order valence-corrected chi connectivity index (χ1v) is 5.09. The number of hydrogen-bond acceptors (Lipinski definition) is 4. The van der Waals surface area contributed by atoms with E-state index in [0.717, 1.165) is 36.8 Å². The Labute approximate surface area is 85.2 Å². The van der Waals surface area contributed by atoms with Crippen LogP contribution in [-0.4, -0.2) is 23.6 Å². The van der Waals surface area contributed by atoms with Gasteiger partial charge in [0.05, 0.1) is 0 Å². The summed E-state index contributed by atoms with van der Waals surface area (Å²) in [5.74, 6) is 2.67. The quantitative estimate of drug-likeness (QED) is 0.751. The van der Waals surface area contributed by atoms with Crippen LogP contribution in [0.15, 0.2) is 6.07 Å². The van der Waals surface area contributed by atoms with Crippen LogP contribution in [0.25, 0.3) is 0 Å². The molecule has 4 nitrogen and oxygen atoms in total. The van der Waals surface area contributed by atoms with E-state index in [9.17, 15) is 0 Å². The van der Waals surface area contributed by atoms with Gasteiger partial charge in [-0.3, -0.25) is 0 Å². The average Bonchev–Trinajstić information content (AvgIpc) is 2.18. The standard InChI is InChI=1S/C10H18N4/c1-4-6-8-13-9(11-3)7-10(14-8)12-5-2/h7H,4-6H2,1-3H3,(H2,11,12,13,14). The molecule has 1 rings (SSSR count). The summed E-state index contributed by atoms with van der Waals surface area (Å²) in [6.07, 6.45) is 1.99. The average molecular weight is 194 g/mol. The van der Waals surface area contributed by atoms with Gasteiger partial charge in [-0.1, -0.05) is 6.92 Å². The maximum Gasteiger partial charge on any atom is 0.133 e. The summed E-state index contributed by atoms with van der Waals surface area (Å²) in [6, 6.07) is 1.92. The van der Waals surface area contributed by atoms with Gasteiger partial charge in [0.15, 0.2) is 0 Å². The SMILES string of the molecule is CCCc1nc(NC)cc(NCC)n1. The van der Waals surface area contributed by atoms with Crippen molar-refractivity contribution in [3.05, 3.63) is 11.9 Å². The maximum atomic E-state index is 4.40. The Hall–Kier alpha value is -1.32. The molecule has 0 bridgehead atoms. The second-order valence-electron chi connectivity index (χ2n) is 3.08. The summed E-state index contributed by atoms with van der Waals surface area (Å²) >= 11 is 0. The predicted octanol–water partition coefficient (Wildman–Crippen LogP) is 1.90. The molecule has 0 aliphatic carbocycles. The van der Waals surface area contributed by atoms with Crippen LogP contribution in [0.1, 0.15) is 26.1 Å². The summed E-state index contributed by atoms with van der Waals surface area (Å²) in [6.45, 7) is 5.06. The van der Waals surface area contributed by atoms with Crippen LogP contribution in [0.3, 0.4) is 0 Å². The lowest BCUT2D eigenvalue weighted by Crippen LogP contribution is -2.05. The van der Waals surface area contributed by atoms with Crippen LogP contribution in [0.4, 0.5) is 11.6 Å². The summed E-state index contributed by atoms with van der Waals surface area (Å²) in [5.41, 5.74) is 0. The number of anilines is 2. The fourth-order valence-electron chi connectivity index (χ4n) is 1.23. The highest BCUT2D eigenvalue weighted by atomic mass is 15.1. The number of aromatic nitrogens is 2. The Kier molecular flexibility index (Phi) is 4.16. The van der Waals surface area contributed by atoms with Crippen molar-refractivity contribution >= 4 is 11.6 Å². The molecule has 1 aromatic heterocycles. The van der Waals surface area contributed by atoms with Gasteiger partial charge in [0.2, 0.25) is 0 Å². The number of rotatable bonds is 5. The fraction of sp³-hybridized carbons (Fsp3) is 0.600. The third-order valence-electron chi connectivity index (χ3n) is 1.86. The first-order valence-electron chi connectivity index (χ1n) is 5.09. The van der Waals surface area contributed by atoms with Crippen molar-refractivity contribution in [1.29, 1.82) is 0 Å². The molecular formula is C10H18N4. The lowest BCUT2D eigenvalue weighted by molar-refractivity contribution is 0.836. The normalized spacial score (nSPS) is 9.93. The van der Waals surface area contributed by atoms with Crippen molar-refractivity contribution in [3.8, 4) is 0 Å². The smallest absolute Gasteiger partial charge is 0.133 e. The summed E-state index contributed by atoms with van der Waals surface area (Å²) in [7, 11) is 1.87. The van der Waals surface area contributed by atoms with Gasteiger partial charge >= 0.3 is 0 Å². The number of hydrogen-bond donors (Lipinski definition) is 2. The molecule has 2 N–H and O–H groups in total. The van der Waals surface area contributed by atoms with Gasteiger partial charge in [-0.05, 0) is 13.3 Å². The van der Waals surface area contributed by atoms with Crippen LogP contribution >= 0.6 is 0 Å². The third-order valence-corrected chi connectivity index (χ3v) is 1.86. The highest BCUT2D eigenvalue weighted by Gasteiger charge is 2.01. The van der Waals surface area contributed by atoms with Crippen LogP contribution in [0.5, 0.6) is 0 Å². The van der Waals surface area contributed by atoms with E-state index in [2.05, 4.69) is 34.4 Å². The van der Waals surface area contributed by atoms with Crippen molar-refractivity contribution in [3.63, 3.8) is 0 Å². The minimum Gasteiger partial charge on any atom is -0.373 e. The van der Waals surface area contributed by atoms with E-state index >= 15 is 0 Å². The minimum absolute atomic E-state index is 0.874. The first-order chi connectivity index (χ1) is 6.80. The van der Waals surface area contributed by atoms with Gasteiger partial charge < -0.3 is 10.6 Å². The van der Waals surface area contributed by atoms with Crippen molar-refractivity contribution in [2.45, 2.75) is 26.7 Å². The molecule has 0 unspecified atom stereocenters. The summed E-state index contributed by atoms with van der Waals surface area (Å²) < 4.78 is 0. The minimum atomic E-state index is 0.874. The van der Waals surface area contributed by atoms with Crippen LogP contribution in [0.2, 0.25) is 0 Å². The molecule has 0 aromatic carbocycles. The molecule has 0 fully saturated rings. The predicted molar refractivity (Wildman–Crippen MR) is 59.7 cm³/mol. The Morgan fingerprint density at radius 3 is 2.50 bits per heavy atom. The number of aryl methyl sites for hydroxylation is 1. The van der Waals surface area contributed by atoms with E-state index in [1.807, 2.05) is 13.1 Å². The second-order valence-corrected chi connectivity index (χ2v) is 3.08. The van der Waals surface area contributed by atoms with E-state index in [1.54, 1.807) is 0 Å². The first kappa shape index (κ1) is 10.8. The Bertz CT molecular complexity index is 261. The van der Waals surface area contributed by atoms with E-state index in [4.69, 9.17) is 0 Å². The molecule has 14 heavy (non-hydrogen) atoms. The number of nitrogens with zero attached hydrogens (tertiary/aromatic N) is 2. The molecule has 0 radical (unpaired) electrons. The fourth-order valence-corrected chi connectivity index (χ4v) is 1.23. The zero-order chi connectivity index (χ0) is 10.4. The summed E-state index contributed by atoms with van der Waals surface area (Å²) in [5, 5.41) is 6.22. The highest BCUT2D eigenvalue weighted by molar-refractivity contribution is 5.47. The number of nitrogens with one attached hydrogen (secondary N) is 2. The molecule has 0 atom stereocenters. The molecule has 0 spiro atoms. The largest absolute Gasteiger partial charge is 0.373 e. The van der Waals surface area contributed by atoms with Gasteiger partial charge in [0.25, 0.3) is 0 Å². The molecule has 4 heteroatoms. The topological polar surface area (TPSA) is 49.8 Å². The summed E-state index contributed by atoms with van der Waals surface area (Å²) in [4.78, 5) is 8.76. The zero-order valence-electron chi connectivity index (χ0n) is 9.09. The Morgan fingerprint density at radius 1 is 1.21 bits per heavy atom. The van der Waals surface area contributed by atoms with E-state index in [-0.39, 0.29) is 0 Å². The van der Waals surface area contributed by atoms with Gasteiger partial charge in [-0.25, -0.2) is 9.97 Å². The highest BCUT2D eigenvalue weighted by Crippen LogP contribution is 2.11. The van der Waals surface area contributed by atoms with Gasteiger partial charge in [0.1, 0.15) is 17.5 Å². The molecular weight excluding hydrogens is 176 g/mol. The molecule has 0 aliphatic heterocycles. The molecule has 1 aromatic rings. The van der Waals surface area contributed by atoms with Crippen LogP contribution < -0.4 is 10.6 Å². The van der Waals surface area contributed by atoms with Crippen molar-refractivity contribution in [2.24, 2.45) is 0 Å². The van der Waals surface area contributed by atoms with Gasteiger partial charge in [0, 0.05) is 26.1 Å². The third kappa shape index (κ3) is 2.87. The Morgan fingerprint density at radius 2 is 1.93 bits per heavy atom. The van der Waals surface area contributed by atoms with Crippen molar-refractivity contribution in [1.82, 2.24) is 9.97 Å². The Balaban J connectivity index is 2.88. The van der Waals surface area contributed by atoms with E-state index < -0.39 is 0 Å². The van der Waals surface area contributed by atoms with Crippen molar-refractivity contribution < 1.29 is 0 Å². The van der Waals surface area contributed by atoms with Gasteiger partial charge in [-0.15, -0.1) is 0 Å². The van der Waals surface area contributed by atoms with E-state index in [0.29, 0.717) is 0 Å².